The molecule has 2 aromatic carbocycles. The van der Waals surface area contributed by atoms with E-state index in [0.717, 1.165) is 0 Å². The van der Waals surface area contributed by atoms with E-state index in [1.54, 1.807) is 0 Å². The van der Waals surface area contributed by atoms with Crippen LogP contribution < -0.4 is 0 Å². The van der Waals surface area contributed by atoms with E-state index in [1.165, 1.54) is 38.1 Å². The molecule has 2 aromatic rings. The van der Waals surface area contributed by atoms with Gasteiger partial charge in [0.1, 0.15) is 5.82 Å². The molecule has 1 saturated carbocycles. The van der Waals surface area contributed by atoms with Crippen LogP contribution in [0.2, 0.25) is 0 Å². The molecule has 0 bridgehead atoms. The maximum atomic E-state index is 13.6. The van der Waals surface area contributed by atoms with Crippen LogP contribution in [0.4, 0.5) is 30.7 Å². The molecule has 1 N–H and O–H groups in total. The minimum Gasteiger partial charge on any atom is -0.466 e. The van der Waals surface area contributed by atoms with Gasteiger partial charge in [0.25, 0.3) is 0 Å². The van der Waals surface area contributed by atoms with Gasteiger partial charge < -0.3 is 14.6 Å². The number of halogens is 7. The second-order valence-corrected chi connectivity index (χ2v) is 9.22. The zero-order chi connectivity index (χ0) is 27.5. The third-order valence-corrected chi connectivity index (χ3v) is 6.71. The summed E-state index contributed by atoms with van der Waals surface area (Å²) in [6.45, 7) is 2.26. The van der Waals surface area contributed by atoms with Crippen LogP contribution >= 0.6 is 0 Å². The molecule has 0 unspecified atom stereocenters. The summed E-state index contributed by atoms with van der Waals surface area (Å²) in [6.07, 6.45) is -11.1. The Bertz CT molecular complexity index is 1030. The van der Waals surface area contributed by atoms with Crippen molar-refractivity contribution in [3.05, 3.63) is 70.5 Å². The number of hydrogen-bond acceptors (Lipinski definition) is 4. The Balaban J connectivity index is 1.96. The van der Waals surface area contributed by atoms with Crippen molar-refractivity contribution in [3.8, 4) is 0 Å². The molecule has 204 valence electrons. The van der Waals surface area contributed by atoms with Gasteiger partial charge in [0.2, 0.25) is 0 Å². The highest BCUT2D eigenvalue weighted by Crippen LogP contribution is 2.45. The lowest BCUT2D eigenvalue weighted by Crippen LogP contribution is -2.42. The number of hydrogen-bond donors (Lipinski definition) is 1. The fourth-order valence-corrected chi connectivity index (χ4v) is 4.89. The van der Waals surface area contributed by atoms with E-state index in [2.05, 4.69) is 0 Å². The molecule has 5 atom stereocenters. The molecule has 3 rings (SSSR count). The van der Waals surface area contributed by atoms with Crippen molar-refractivity contribution in [3.63, 3.8) is 0 Å². The number of rotatable bonds is 7. The Morgan fingerprint density at radius 1 is 1.00 bits per heavy atom. The maximum absolute atomic E-state index is 13.6. The summed E-state index contributed by atoms with van der Waals surface area (Å²) < 4.78 is 105. The smallest absolute Gasteiger partial charge is 0.416 e. The van der Waals surface area contributed by atoms with Crippen molar-refractivity contribution in [2.75, 3.05) is 13.2 Å². The normalized spacial score (nSPS) is 23.5. The molecule has 4 nitrogen and oxygen atoms in total. The summed E-state index contributed by atoms with van der Waals surface area (Å²) in [5.74, 6) is -2.42. The molecule has 0 radical (unpaired) electrons. The lowest BCUT2D eigenvalue weighted by atomic mass is 9.68. The lowest BCUT2D eigenvalue weighted by Gasteiger charge is -2.43. The van der Waals surface area contributed by atoms with Gasteiger partial charge in [0.05, 0.1) is 29.9 Å². The second kappa shape index (κ2) is 11.4. The predicted molar refractivity (Wildman–Crippen MR) is 119 cm³/mol. The van der Waals surface area contributed by atoms with E-state index in [0.29, 0.717) is 30.5 Å². The summed E-state index contributed by atoms with van der Waals surface area (Å²) in [4.78, 5) is 11.3. The van der Waals surface area contributed by atoms with Crippen molar-refractivity contribution in [1.82, 2.24) is 0 Å². The number of alkyl halides is 6. The summed E-state index contributed by atoms with van der Waals surface area (Å²) >= 11 is 0. The number of aliphatic hydroxyl groups is 1. The highest BCUT2D eigenvalue weighted by atomic mass is 19.4. The first-order valence-corrected chi connectivity index (χ1v) is 11.6. The van der Waals surface area contributed by atoms with Gasteiger partial charge in [-0.2, -0.15) is 26.3 Å². The molecule has 1 aliphatic rings. The topological polar surface area (TPSA) is 55.8 Å². The van der Waals surface area contributed by atoms with Gasteiger partial charge >= 0.3 is 18.3 Å². The van der Waals surface area contributed by atoms with E-state index in [9.17, 15) is 40.6 Å². The minimum atomic E-state index is -5.00. The monoisotopic (exact) mass is 536 g/mol. The number of esters is 1. The first-order chi connectivity index (χ1) is 17.2. The molecule has 1 aliphatic carbocycles. The highest BCUT2D eigenvalue weighted by molar-refractivity contribution is 5.65. The van der Waals surface area contributed by atoms with Gasteiger partial charge in [-0.1, -0.05) is 12.1 Å². The van der Waals surface area contributed by atoms with Gasteiger partial charge in [-0.25, -0.2) is 4.39 Å². The molecule has 0 amide bonds. The van der Waals surface area contributed by atoms with Crippen LogP contribution in [-0.2, 0) is 26.6 Å². The first-order valence-electron chi connectivity index (χ1n) is 11.6. The molecule has 1 fully saturated rings. The largest absolute Gasteiger partial charge is 0.466 e. The first kappa shape index (κ1) is 28.9. The van der Waals surface area contributed by atoms with E-state index >= 15 is 0 Å². The van der Waals surface area contributed by atoms with Crippen molar-refractivity contribution in [2.24, 2.45) is 11.8 Å². The minimum absolute atomic E-state index is 0.0170. The highest BCUT2D eigenvalue weighted by Gasteiger charge is 2.42. The van der Waals surface area contributed by atoms with Gasteiger partial charge in [-0.3, -0.25) is 4.79 Å². The molecular weight excluding hydrogens is 509 g/mol. The Labute approximate surface area is 209 Å². The standard InChI is InChI=1S/C26H27F7O4/c1-14(18-9-19(25(28,29)30)11-20(10-18)26(31,32)33)37-23-8-5-17(13-36-15(2)35)22(12-34)24(23)16-3-6-21(27)7-4-16/h3-4,6-7,9-11,14,17,22-24,34H,5,8,12-13H2,1-2H3/t14-,17-,22-,23+,24+/m1/s1. The van der Waals surface area contributed by atoms with Crippen molar-refractivity contribution in [1.29, 1.82) is 0 Å². The molecular formula is C26H27F7O4. The average Bonchev–Trinajstić information content (AvgIpc) is 2.82. The van der Waals surface area contributed by atoms with Crippen LogP contribution in [0.15, 0.2) is 42.5 Å². The summed E-state index contributed by atoms with van der Waals surface area (Å²) in [5, 5.41) is 10.2. The Kier molecular flexibility index (Phi) is 8.89. The van der Waals surface area contributed by atoms with E-state index in [1.807, 2.05) is 0 Å². The fraction of sp³-hybridized carbons (Fsp3) is 0.500. The molecule has 0 spiro atoms. The Morgan fingerprint density at radius 2 is 1.57 bits per heavy atom. The zero-order valence-electron chi connectivity index (χ0n) is 20.1. The molecule has 37 heavy (non-hydrogen) atoms. The van der Waals surface area contributed by atoms with Crippen LogP contribution in [0.3, 0.4) is 0 Å². The number of carbonyl (C=O) groups is 1. The molecule has 0 aliphatic heterocycles. The van der Waals surface area contributed by atoms with Crippen LogP contribution in [0.25, 0.3) is 0 Å². The van der Waals surface area contributed by atoms with Crippen molar-refractivity contribution < 1.29 is 50.1 Å². The maximum Gasteiger partial charge on any atom is 0.416 e. The Morgan fingerprint density at radius 3 is 2.05 bits per heavy atom. The second-order valence-electron chi connectivity index (χ2n) is 9.22. The van der Waals surface area contributed by atoms with Gasteiger partial charge in [-0.15, -0.1) is 0 Å². The molecule has 11 heteroatoms. The predicted octanol–water partition coefficient (Wildman–Crippen LogP) is 6.67. The third kappa shape index (κ3) is 7.22. The van der Waals surface area contributed by atoms with Crippen molar-refractivity contribution >= 4 is 5.97 Å². The zero-order valence-corrected chi connectivity index (χ0v) is 20.1. The molecule has 0 heterocycles. The van der Waals surface area contributed by atoms with Crippen molar-refractivity contribution in [2.45, 2.75) is 57.2 Å². The van der Waals surface area contributed by atoms with Crippen LogP contribution in [0.1, 0.15) is 61.0 Å². The van der Waals surface area contributed by atoms with Crippen LogP contribution in [-0.4, -0.2) is 30.4 Å². The number of ether oxygens (including phenoxy) is 2. The van der Waals surface area contributed by atoms with E-state index in [-0.39, 0.29) is 30.8 Å². The van der Waals surface area contributed by atoms with Gasteiger partial charge in [-0.05, 0) is 73.1 Å². The third-order valence-electron chi connectivity index (χ3n) is 6.71. The fourth-order valence-electron chi connectivity index (χ4n) is 4.89. The lowest BCUT2D eigenvalue weighted by molar-refractivity contribution is -0.145. The number of benzene rings is 2. The van der Waals surface area contributed by atoms with Crippen LogP contribution in [0, 0.1) is 17.7 Å². The summed E-state index contributed by atoms with van der Waals surface area (Å²) in [7, 11) is 0. The number of aliphatic hydroxyl groups excluding tert-OH is 1. The van der Waals surface area contributed by atoms with Crippen LogP contribution in [0.5, 0.6) is 0 Å². The van der Waals surface area contributed by atoms with Gasteiger partial charge in [0.15, 0.2) is 0 Å². The number of carbonyl (C=O) groups excluding carboxylic acids is 1. The SMILES string of the molecule is CC(=O)OC[C@H]1CC[C@H](O[C@H](C)c2cc(C(F)(F)F)cc(C(F)(F)F)c2)[C@@H](c2ccc(F)cc2)[C@@H]1CO. The van der Waals surface area contributed by atoms with Gasteiger partial charge in [0, 0.05) is 19.4 Å². The quantitative estimate of drug-likeness (QED) is 0.317. The average molecular weight is 536 g/mol. The van der Waals surface area contributed by atoms with E-state index in [4.69, 9.17) is 9.47 Å². The van der Waals surface area contributed by atoms with E-state index < -0.39 is 59.3 Å². The summed E-state index contributed by atoms with van der Waals surface area (Å²) in [5.41, 5.74) is -2.62. The molecule has 0 aromatic heterocycles. The Hall–Kier alpha value is -2.66. The molecule has 0 saturated heterocycles. The summed E-state index contributed by atoms with van der Waals surface area (Å²) in [6, 6.07) is 6.71.